The lowest BCUT2D eigenvalue weighted by Crippen LogP contribution is -2.39. The maximum Gasteiger partial charge on any atom is 0.326 e. The second-order valence-corrected chi connectivity index (χ2v) is 6.92. The van der Waals surface area contributed by atoms with Crippen molar-refractivity contribution in [3.63, 3.8) is 0 Å². The molecule has 1 aliphatic carbocycles. The minimum atomic E-state index is -3.62. The number of aliphatic carboxylic acids is 1. The summed E-state index contributed by atoms with van der Waals surface area (Å²) in [5, 5.41) is 9.25. The highest BCUT2D eigenvalue weighted by atomic mass is 32.2. The van der Waals surface area contributed by atoms with Gasteiger partial charge < -0.3 is 10.0 Å². The number of para-hydroxylation sites is 1. The minimum Gasteiger partial charge on any atom is -0.480 e. The summed E-state index contributed by atoms with van der Waals surface area (Å²) in [5.41, 5.74) is 0.403. The summed E-state index contributed by atoms with van der Waals surface area (Å²) in [5.74, 6) is -0.970. The number of nitrogens with one attached hydrogen (secondary N) is 1. The molecule has 0 saturated heterocycles. The average Bonchev–Trinajstić information content (AvgIpc) is 3.22. The molecular weight excluding hydrogens is 292 g/mol. The quantitative estimate of drug-likeness (QED) is 0.795. The molecule has 1 unspecified atom stereocenters. The number of carboxylic acid groups (broad SMARTS) is 1. The van der Waals surface area contributed by atoms with Gasteiger partial charge in [0.05, 0.1) is 5.69 Å². The molecule has 0 aliphatic heterocycles. The van der Waals surface area contributed by atoms with Crippen LogP contribution in [0.2, 0.25) is 0 Å². The van der Waals surface area contributed by atoms with E-state index in [1.807, 2.05) is 0 Å². The smallest absolute Gasteiger partial charge is 0.326 e. The van der Waals surface area contributed by atoms with Gasteiger partial charge in [0.1, 0.15) is 10.9 Å². The van der Waals surface area contributed by atoms with Crippen molar-refractivity contribution in [3.05, 3.63) is 24.3 Å². The largest absolute Gasteiger partial charge is 0.480 e. The third-order valence-corrected chi connectivity index (χ3v) is 5.14. The van der Waals surface area contributed by atoms with Crippen molar-refractivity contribution >= 4 is 21.7 Å². The van der Waals surface area contributed by atoms with Gasteiger partial charge in [-0.05, 0) is 31.4 Å². The number of hydrogen-bond acceptors (Lipinski definition) is 4. The molecule has 6 nitrogen and oxygen atoms in total. The first kappa shape index (κ1) is 15.8. The molecular formula is C14H20N2O4S. The fourth-order valence-corrected chi connectivity index (χ4v) is 3.79. The Morgan fingerprint density at radius 2 is 2.05 bits per heavy atom. The van der Waals surface area contributed by atoms with Gasteiger partial charge in [0.25, 0.3) is 0 Å². The van der Waals surface area contributed by atoms with Crippen molar-refractivity contribution in [2.24, 2.45) is 0 Å². The third-order valence-electron chi connectivity index (χ3n) is 3.57. The van der Waals surface area contributed by atoms with Gasteiger partial charge in [0, 0.05) is 13.1 Å². The molecule has 0 aromatic heterocycles. The zero-order chi connectivity index (χ0) is 15.6. The van der Waals surface area contributed by atoms with Gasteiger partial charge in [-0.2, -0.15) is 0 Å². The van der Waals surface area contributed by atoms with Gasteiger partial charge >= 0.3 is 5.97 Å². The summed E-state index contributed by atoms with van der Waals surface area (Å²) in [6.45, 7) is 1.76. The summed E-state index contributed by atoms with van der Waals surface area (Å²) in [6.07, 6.45) is 2.09. The van der Waals surface area contributed by atoms with E-state index in [-0.39, 0.29) is 10.9 Å². The number of carbonyl (C=O) groups is 1. The van der Waals surface area contributed by atoms with Crippen LogP contribution in [0.1, 0.15) is 26.2 Å². The van der Waals surface area contributed by atoms with E-state index in [2.05, 4.69) is 4.72 Å². The van der Waals surface area contributed by atoms with Gasteiger partial charge in [-0.3, -0.25) is 0 Å². The second kappa shape index (κ2) is 6.03. The van der Waals surface area contributed by atoms with Crippen molar-refractivity contribution < 1.29 is 18.3 Å². The van der Waals surface area contributed by atoms with Gasteiger partial charge in [-0.25, -0.2) is 17.9 Å². The fourth-order valence-electron chi connectivity index (χ4n) is 2.24. The number of likely N-dealkylation sites (N-methyl/N-ethyl adjacent to an activating group) is 1. The van der Waals surface area contributed by atoms with Crippen molar-refractivity contribution in [2.45, 2.75) is 43.2 Å². The lowest BCUT2D eigenvalue weighted by Gasteiger charge is -2.27. The van der Waals surface area contributed by atoms with E-state index in [0.717, 1.165) is 12.8 Å². The van der Waals surface area contributed by atoms with E-state index in [4.69, 9.17) is 0 Å². The topological polar surface area (TPSA) is 86.7 Å². The molecule has 1 saturated carbocycles. The maximum absolute atomic E-state index is 12.4. The summed E-state index contributed by atoms with van der Waals surface area (Å²) in [4.78, 5) is 12.9. The predicted octanol–water partition coefficient (Wildman–Crippen LogP) is 1.43. The highest BCUT2D eigenvalue weighted by Gasteiger charge is 2.31. The number of sulfonamides is 1. The molecule has 0 spiro atoms. The molecule has 1 aromatic carbocycles. The highest BCUT2D eigenvalue weighted by Crippen LogP contribution is 2.29. The summed E-state index contributed by atoms with van der Waals surface area (Å²) < 4.78 is 27.4. The summed E-state index contributed by atoms with van der Waals surface area (Å²) in [6, 6.07) is 5.73. The van der Waals surface area contributed by atoms with Crippen molar-refractivity contribution in [1.82, 2.24) is 4.72 Å². The SMILES string of the molecule is CCC(C(=O)O)N(C)c1ccccc1S(=O)(=O)NC1CC1. The molecule has 1 atom stereocenters. The first-order valence-electron chi connectivity index (χ1n) is 6.93. The second-order valence-electron chi connectivity index (χ2n) is 5.24. The van der Waals surface area contributed by atoms with Gasteiger partial charge in [-0.1, -0.05) is 19.1 Å². The Hall–Kier alpha value is -1.60. The van der Waals surface area contributed by atoms with Crippen molar-refractivity contribution in [1.29, 1.82) is 0 Å². The van der Waals surface area contributed by atoms with Crippen LogP contribution in [0.15, 0.2) is 29.2 Å². The van der Waals surface area contributed by atoms with Crippen LogP contribution >= 0.6 is 0 Å². The Morgan fingerprint density at radius 3 is 2.57 bits per heavy atom. The molecule has 1 fully saturated rings. The molecule has 0 bridgehead atoms. The van der Waals surface area contributed by atoms with Crippen LogP contribution in [0, 0.1) is 0 Å². The minimum absolute atomic E-state index is 0.00908. The van der Waals surface area contributed by atoms with Crippen LogP contribution in [0.4, 0.5) is 5.69 Å². The Balaban J connectivity index is 2.38. The first-order valence-corrected chi connectivity index (χ1v) is 8.42. The Morgan fingerprint density at radius 1 is 1.43 bits per heavy atom. The number of nitrogens with zero attached hydrogens (tertiary/aromatic N) is 1. The van der Waals surface area contributed by atoms with E-state index in [1.54, 1.807) is 32.2 Å². The van der Waals surface area contributed by atoms with Crippen LogP contribution in [-0.2, 0) is 14.8 Å². The van der Waals surface area contributed by atoms with Gasteiger partial charge in [0.2, 0.25) is 10.0 Å². The molecule has 2 N–H and O–H groups in total. The number of hydrogen-bond donors (Lipinski definition) is 2. The molecule has 0 radical (unpaired) electrons. The lowest BCUT2D eigenvalue weighted by atomic mass is 10.2. The van der Waals surface area contributed by atoms with Crippen molar-refractivity contribution in [2.75, 3.05) is 11.9 Å². The van der Waals surface area contributed by atoms with Crippen LogP contribution < -0.4 is 9.62 Å². The fraction of sp³-hybridized carbons (Fsp3) is 0.500. The van der Waals surface area contributed by atoms with E-state index < -0.39 is 22.0 Å². The van der Waals surface area contributed by atoms with E-state index in [9.17, 15) is 18.3 Å². The zero-order valence-corrected chi connectivity index (χ0v) is 12.9. The normalized spacial score (nSPS) is 16.5. The third kappa shape index (κ3) is 3.54. The number of rotatable bonds is 7. The molecule has 21 heavy (non-hydrogen) atoms. The lowest BCUT2D eigenvalue weighted by molar-refractivity contribution is -0.138. The van der Waals surface area contributed by atoms with Gasteiger partial charge in [-0.15, -0.1) is 0 Å². The van der Waals surface area contributed by atoms with Gasteiger partial charge in [0.15, 0.2) is 0 Å². The van der Waals surface area contributed by atoms with E-state index in [1.165, 1.54) is 11.0 Å². The monoisotopic (exact) mass is 312 g/mol. The standard InChI is InChI=1S/C14H20N2O4S/c1-3-11(14(17)18)16(2)12-6-4-5-7-13(12)21(19,20)15-10-8-9-10/h4-7,10-11,15H,3,8-9H2,1-2H3,(H,17,18). The van der Waals surface area contributed by atoms with Crippen LogP contribution in [0.5, 0.6) is 0 Å². The van der Waals surface area contributed by atoms with Crippen LogP contribution in [-0.4, -0.2) is 38.6 Å². The van der Waals surface area contributed by atoms with E-state index >= 15 is 0 Å². The van der Waals surface area contributed by atoms with Crippen molar-refractivity contribution in [3.8, 4) is 0 Å². The summed E-state index contributed by atoms with van der Waals surface area (Å²) >= 11 is 0. The maximum atomic E-state index is 12.4. The summed E-state index contributed by atoms with van der Waals surface area (Å²) in [7, 11) is -2.02. The Kier molecular flexibility index (Phi) is 4.53. The number of anilines is 1. The molecule has 7 heteroatoms. The highest BCUT2D eigenvalue weighted by molar-refractivity contribution is 7.89. The van der Waals surface area contributed by atoms with Crippen LogP contribution in [0.3, 0.4) is 0 Å². The zero-order valence-electron chi connectivity index (χ0n) is 12.1. The molecule has 0 heterocycles. The number of carboxylic acids is 1. The average molecular weight is 312 g/mol. The number of benzene rings is 1. The molecule has 2 rings (SSSR count). The molecule has 1 aliphatic rings. The Labute approximate surface area is 124 Å². The molecule has 116 valence electrons. The molecule has 0 amide bonds. The first-order chi connectivity index (χ1) is 9.86. The molecule has 1 aromatic rings. The Bertz CT molecular complexity index is 626. The van der Waals surface area contributed by atoms with Crippen LogP contribution in [0.25, 0.3) is 0 Å². The predicted molar refractivity (Wildman–Crippen MR) is 79.9 cm³/mol. The van der Waals surface area contributed by atoms with E-state index in [0.29, 0.717) is 12.1 Å².